The normalized spacial score (nSPS) is 13.5. The maximum atomic E-state index is 14.9. The van der Waals surface area contributed by atoms with E-state index in [0.29, 0.717) is 63.2 Å². The number of likely N-dealkylation sites (N-methyl/N-ethyl adjacent to an activating group) is 1. The predicted molar refractivity (Wildman–Crippen MR) is 236 cm³/mol. The molecule has 2 aromatic carbocycles. The van der Waals surface area contributed by atoms with Crippen molar-refractivity contribution in [3.05, 3.63) is 54.1 Å². The summed E-state index contributed by atoms with van der Waals surface area (Å²) >= 11 is 0. The third kappa shape index (κ3) is 13.3. The van der Waals surface area contributed by atoms with Crippen LogP contribution in [0.15, 0.2) is 48.5 Å². The Labute approximate surface area is 362 Å². The molecule has 336 valence electrons. The molecule has 0 saturated carbocycles. The highest BCUT2D eigenvalue weighted by atomic mass is 16.5. The smallest absolute Gasteiger partial charge is 0.407 e. The van der Waals surface area contributed by atoms with Gasteiger partial charge in [0, 0.05) is 42.2 Å². The number of para-hydroxylation sites is 1. The van der Waals surface area contributed by atoms with Gasteiger partial charge < -0.3 is 39.8 Å². The third-order valence-corrected chi connectivity index (χ3v) is 11.4. The van der Waals surface area contributed by atoms with Gasteiger partial charge in [-0.3, -0.25) is 14.4 Å². The summed E-state index contributed by atoms with van der Waals surface area (Å²) in [6.07, 6.45) is 3.12. The highest BCUT2D eigenvalue weighted by Crippen LogP contribution is 2.44. The summed E-state index contributed by atoms with van der Waals surface area (Å²) < 4.78 is 23.7. The predicted octanol–water partition coefficient (Wildman–Crippen LogP) is 6.68. The van der Waals surface area contributed by atoms with E-state index >= 15 is 0 Å². The number of amides is 3. The van der Waals surface area contributed by atoms with Crippen molar-refractivity contribution in [2.45, 2.75) is 124 Å². The van der Waals surface area contributed by atoms with Gasteiger partial charge in [-0.1, -0.05) is 75.4 Å². The number of anilines is 1. The third-order valence-electron chi connectivity index (χ3n) is 11.4. The van der Waals surface area contributed by atoms with E-state index in [4.69, 9.17) is 18.9 Å². The minimum atomic E-state index is -0.935. The highest BCUT2D eigenvalue weighted by molar-refractivity contribution is 6.02. The molecule has 2 heterocycles. The second-order valence-corrected chi connectivity index (χ2v) is 18.3. The first-order valence-corrected chi connectivity index (χ1v) is 21.3. The summed E-state index contributed by atoms with van der Waals surface area (Å²) in [6, 6.07) is 15.1. The minimum Gasteiger partial charge on any atom is -0.468 e. The lowest BCUT2D eigenvalue weighted by atomic mass is 9.73. The summed E-state index contributed by atoms with van der Waals surface area (Å²) in [4.78, 5) is 54.7. The number of hydrogen-bond donors (Lipinski definition) is 3. The Morgan fingerprint density at radius 3 is 2.18 bits per heavy atom. The van der Waals surface area contributed by atoms with Crippen LogP contribution >= 0.6 is 0 Å². The maximum absolute atomic E-state index is 14.9. The molecular weight excluding hydrogens is 779 g/mol. The Balaban J connectivity index is 1.44. The average molecular weight is 848 g/mol. The molecule has 1 aliphatic rings. The van der Waals surface area contributed by atoms with E-state index in [-0.39, 0.29) is 49.1 Å². The Morgan fingerprint density at radius 2 is 1.49 bits per heavy atom. The fraction of sp³-hybridized carbons (Fsp3) is 0.609. The molecule has 0 radical (unpaired) electrons. The molecule has 3 N–H and O–H groups in total. The molecule has 15 heteroatoms. The van der Waals surface area contributed by atoms with Crippen LogP contribution in [-0.2, 0) is 46.4 Å². The molecule has 15 nitrogen and oxygen atoms in total. The number of carbonyl (C=O) groups is 4. The van der Waals surface area contributed by atoms with E-state index in [9.17, 15) is 19.2 Å². The van der Waals surface area contributed by atoms with Crippen molar-refractivity contribution in [3.8, 4) is 22.5 Å². The van der Waals surface area contributed by atoms with Crippen molar-refractivity contribution in [1.29, 1.82) is 0 Å². The van der Waals surface area contributed by atoms with Crippen LogP contribution in [0, 0.1) is 10.8 Å². The average Bonchev–Trinajstić information content (AvgIpc) is 3.62. The van der Waals surface area contributed by atoms with Crippen molar-refractivity contribution in [2.75, 3.05) is 52.5 Å². The van der Waals surface area contributed by atoms with Gasteiger partial charge in [0.15, 0.2) is 0 Å². The zero-order valence-corrected chi connectivity index (χ0v) is 38.2. The van der Waals surface area contributed by atoms with Gasteiger partial charge in [0.25, 0.3) is 0 Å². The molecule has 3 amide bonds. The number of alkyl carbamates (subject to hydrolysis) is 1. The van der Waals surface area contributed by atoms with Crippen molar-refractivity contribution in [1.82, 2.24) is 30.9 Å². The number of benzene rings is 2. The van der Waals surface area contributed by atoms with Crippen LogP contribution in [0.4, 0.5) is 10.5 Å². The number of carbonyl (C=O) groups excluding carboxylic acids is 4. The van der Waals surface area contributed by atoms with Crippen LogP contribution < -0.4 is 20.9 Å². The fourth-order valence-electron chi connectivity index (χ4n) is 7.70. The van der Waals surface area contributed by atoms with E-state index in [2.05, 4.69) is 26.3 Å². The standard InChI is InChI=1S/C46H69N7O8/c1-43(2,40(55)48-26-23-46(7,8)61-28-24-45(5,6)59-11)31-44(3,4)41(56)52-30-32-18-12-13-19-33(32)38-37(34-20-14-15-22-36(34)52)50-51-53(38)27-29-60-42(57)49-25-17-16-21-35(47-9)39(54)58-10/h12-15,18-20,22,35,47H,16-17,21,23-31H2,1-11H3,(H,48,55)(H,49,57). The first-order valence-electron chi connectivity index (χ1n) is 21.3. The van der Waals surface area contributed by atoms with Crippen molar-refractivity contribution in [2.24, 2.45) is 10.8 Å². The van der Waals surface area contributed by atoms with Gasteiger partial charge in [-0.2, -0.15) is 0 Å². The Bertz CT molecular complexity index is 1960. The number of nitrogens with one attached hydrogen (secondary N) is 3. The van der Waals surface area contributed by atoms with Gasteiger partial charge in [0.1, 0.15) is 18.3 Å². The van der Waals surface area contributed by atoms with Crippen LogP contribution in [-0.4, -0.2) is 104 Å². The van der Waals surface area contributed by atoms with Crippen molar-refractivity contribution >= 4 is 29.6 Å². The molecule has 1 aliphatic heterocycles. The number of fused-ring (bicyclic) bond motifs is 5. The highest BCUT2D eigenvalue weighted by Gasteiger charge is 2.42. The SMILES string of the molecule is CNC(CCCCNC(=O)OCCn1nnc2c1-c1ccccc1CN(C(=O)C(C)(C)CC(C)(C)C(=O)NCCC(C)(C)OCCC(C)(C)OC)c1ccccc1-2)C(=O)OC. The van der Waals surface area contributed by atoms with Crippen LogP contribution in [0.3, 0.4) is 0 Å². The molecule has 61 heavy (non-hydrogen) atoms. The second kappa shape index (κ2) is 21.3. The number of unbranched alkanes of at least 4 members (excludes halogenated alkanes) is 1. The van der Waals surface area contributed by atoms with E-state index in [0.717, 1.165) is 28.8 Å². The van der Waals surface area contributed by atoms with Crippen molar-refractivity contribution < 1.29 is 38.1 Å². The van der Waals surface area contributed by atoms with Gasteiger partial charge in [-0.25, -0.2) is 9.48 Å². The van der Waals surface area contributed by atoms with E-state index in [1.54, 1.807) is 23.7 Å². The monoisotopic (exact) mass is 848 g/mol. The topological polar surface area (TPSA) is 175 Å². The number of methoxy groups -OCH3 is 2. The molecule has 4 rings (SSSR count). The molecule has 1 aromatic heterocycles. The fourth-order valence-corrected chi connectivity index (χ4v) is 7.70. The van der Waals surface area contributed by atoms with Gasteiger partial charge in [0.2, 0.25) is 11.8 Å². The maximum Gasteiger partial charge on any atom is 0.407 e. The van der Waals surface area contributed by atoms with Crippen LogP contribution in [0.2, 0.25) is 0 Å². The summed E-state index contributed by atoms with van der Waals surface area (Å²) in [5.41, 5.74) is 2.03. The molecule has 0 aliphatic carbocycles. The summed E-state index contributed by atoms with van der Waals surface area (Å²) in [7, 11) is 4.77. The Hall–Kier alpha value is -4.86. The Kier molecular flexibility index (Phi) is 17.0. The number of hydrogen-bond acceptors (Lipinski definition) is 11. The molecule has 0 fully saturated rings. The van der Waals surface area contributed by atoms with Crippen LogP contribution in [0.5, 0.6) is 0 Å². The number of nitrogens with zero attached hydrogens (tertiary/aromatic N) is 4. The first-order chi connectivity index (χ1) is 28.8. The van der Waals surface area contributed by atoms with E-state index < -0.39 is 22.5 Å². The number of aromatic nitrogens is 3. The second-order valence-electron chi connectivity index (χ2n) is 18.3. The molecule has 1 atom stereocenters. The first kappa shape index (κ1) is 48.8. The quantitative estimate of drug-likeness (QED) is 0.0727. The van der Waals surface area contributed by atoms with Gasteiger partial charge >= 0.3 is 12.1 Å². The molecule has 0 saturated heterocycles. The zero-order valence-electron chi connectivity index (χ0n) is 38.2. The largest absolute Gasteiger partial charge is 0.468 e. The molecule has 0 bridgehead atoms. The minimum absolute atomic E-state index is 0.0523. The lowest BCUT2D eigenvalue weighted by Gasteiger charge is -2.38. The van der Waals surface area contributed by atoms with Crippen LogP contribution in [0.1, 0.15) is 99.5 Å². The molecule has 1 unspecified atom stereocenters. The van der Waals surface area contributed by atoms with Gasteiger partial charge in [0.05, 0.1) is 49.4 Å². The lowest BCUT2D eigenvalue weighted by Crippen LogP contribution is -2.47. The summed E-state index contributed by atoms with van der Waals surface area (Å²) in [6.45, 7) is 17.6. The molecular formula is C46H69N7O8. The van der Waals surface area contributed by atoms with Gasteiger partial charge in [-0.15, -0.1) is 5.10 Å². The van der Waals surface area contributed by atoms with Crippen molar-refractivity contribution in [3.63, 3.8) is 0 Å². The lowest BCUT2D eigenvalue weighted by molar-refractivity contribution is -0.143. The summed E-state index contributed by atoms with van der Waals surface area (Å²) in [5, 5.41) is 18.0. The number of esters is 1. The van der Waals surface area contributed by atoms with E-state index in [1.165, 1.54) is 7.11 Å². The Morgan fingerprint density at radius 1 is 0.803 bits per heavy atom. The van der Waals surface area contributed by atoms with Gasteiger partial charge in [-0.05, 0) is 84.9 Å². The molecule has 3 aromatic rings. The van der Waals surface area contributed by atoms with E-state index in [1.807, 2.05) is 104 Å². The number of ether oxygens (including phenoxy) is 4. The summed E-state index contributed by atoms with van der Waals surface area (Å²) in [5.74, 6) is -0.558. The molecule has 0 spiro atoms. The van der Waals surface area contributed by atoms with Crippen LogP contribution in [0.25, 0.3) is 22.5 Å². The zero-order chi connectivity index (χ0) is 45.0. The number of rotatable bonds is 22.